The summed E-state index contributed by atoms with van der Waals surface area (Å²) in [4.78, 5) is 19.7. The van der Waals surface area contributed by atoms with Crippen molar-refractivity contribution in [2.75, 3.05) is 18.0 Å². The Kier molecular flexibility index (Phi) is 3.14. The molecule has 0 saturated carbocycles. The van der Waals surface area contributed by atoms with Gasteiger partial charge in [0.25, 0.3) is 0 Å². The van der Waals surface area contributed by atoms with Crippen LogP contribution in [-0.2, 0) is 11.2 Å². The van der Waals surface area contributed by atoms with Crippen LogP contribution < -0.4 is 4.90 Å². The summed E-state index contributed by atoms with van der Waals surface area (Å²) in [5.41, 5.74) is 0.849. The van der Waals surface area contributed by atoms with Crippen LogP contribution in [0.3, 0.4) is 0 Å². The Morgan fingerprint density at radius 1 is 1.42 bits per heavy atom. The summed E-state index contributed by atoms with van der Waals surface area (Å²) < 4.78 is 5.92. The third kappa shape index (κ3) is 2.54. The van der Waals surface area contributed by atoms with E-state index in [9.17, 15) is 4.79 Å². The minimum Gasteiger partial charge on any atom is -0.369 e. The Bertz CT molecular complexity index is 510. The van der Waals surface area contributed by atoms with Crippen LogP contribution in [0, 0.1) is 0 Å². The Balaban J connectivity index is 1.88. The van der Waals surface area contributed by atoms with E-state index in [1.54, 1.807) is 11.3 Å². The molecular weight excluding hydrogens is 260 g/mol. The van der Waals surface area contributed by atoms with Crippen molar-refractivity contribution < 1.29 is 9.53 Å². The van der Waals surface area contributed by atoms with Gasteiger partial charge in [0.2, 0.25) is 0 Å². The van der Waals surface area contributed by atoms with E-state index in [1.807, 2.05) is 0 Å². The van der Waals surface area contributed by atoms with Crippen LogP contribution in [0.4, 0.5) is 5.13 Å². The third-order valence-corrected chi connectivity index (χ3v) is 4.80. The molecule has 104 valence electrons. The Morgan fingerprint density at radius 2 is 2.21 bits per heavy atom. The second-order valence-electron chi connectivity index (χ2n) is 6.12. The van der Waals surface area contributed by atoms with Crippen LogP contribution in [0.25, 0.3) is 0 Å². The van der Waals surface area contributed by atoms with E-state index >= 15 is 0 Å². The molecule has 1 aliphatic carbocycles. The highest BCUT2D eigenvalue weighted by atomic mass is 32.1. The molecule has 0 N–H and O–H groups in total. The lowest BCUT2D eigenvalue weighted by Crippen LogP contribution is -2.52. The summed E-state index contributed by atoms with van der Waals surface area (Å²) in [6.07, 6.45) is 2.76. The van der Waals surface area contributed by atoms with E-state index in [4.69, 9.17) is 9.72 Å². The number of carbonyl (C=O) groups excluding carboxylic acids is 1. The number of hydrogen-bond donors (Lipinski definition) is 0. The van der Waals surface area contributed by atoms with Crippen LogP contribution in [-0.4, -0.2) is 35.6 Å². The molecule has 1 saturated heterocycles. The van der Waals surface area contributed by atoms with Crippen molar-refractivity contribution in [3.8, 4) is 0 Å². The van der Waals surface area contributed by atoms with Crippen LogP contribution in [0.2, 0.25) is 0 Å². The number of rotatable bonds is 1. The molecule has 1 fully saturated rings. The summed E-state index contributed by atoms with van der Waals surface area (Å²) in [5.74, 6) is 0.269. The SMILES string of the molecule is CC1CN(c2nc3c(s2)C(=O)CCC3)CC(C)(C)O1. The topological polar surface area (TPSA) is 42.4 Å². The molecule has 1 aromatic rings. The van der Waals surface area contributed by atoms with Gasteiger partial charge in [-0.15, -0.1) is 0 Å². The van der Waals surface area contributed by atoms with E-state index in [1.165, 1.54) is 0 Å². The van der Waals surface area contributed by atoms with Crippen molar-refractivity contribution in [3.05, 3.63) is 10.6 Å². The van der Waals surface area contributed by atoms with Gasteiger partial charge >= 0.3 is 0 Å². The molecule has 4 nitrogen and oxygen atoms in total. The molecule has 0 radical (unpaired) electrons. The monoisotopic (exact) mass is 280 g/mol. The molecular formula is C14H20N2O2S. The molecule has 2 aliphatic rings. The largest absolute Gasteiger partial charge is 0.369 e. The van der Waals surface area contributed by atoms with E-state index < -0.39 is 0 Å². The summed E-state index contributed by atoms with van der Waals surface area (Å²) >= 11 is 1.56. The lowest BCUT2D eigenvalue weighted by atomic mass is 10.0. The second-order valence-corrected chi connectivity index (χ2v) is 7.10. The van der Waals surface area contributed by atoms with Crippen LogP contribution >= 0.6 is 11.3 Å². The number of Topliss-reactive ketones (excluding diaryl/α,β-unsaturated/α-hetero) is 1. The van der Waals surface area contributed by atoms with Gasteiger partial charge in [-0.05, 0) is 33.6 Å². The molecule has 0 spiro atoms. The summed E-state index contributed by atoms with van der Waals surface area (Å²) in [6, 6.07) is 0. The quantitative estimate of drug-likeness (QED) is 0.793. The van der Waals surface area contributed by atoms with Gasteiger partial charge in [-0.2, -0.15) is 0 Å². The molecule has 2 heterocycles. The molecule has 1 unspecified atom stereocenters. The predicted molar refractivity (Wildman–Crippen MR) is 76.2 cm³/mol. The van der Waals surface area contributed by atoms with E-state index in [0.29, 0.717) is 6.42 Å². The third-order valence-electron chi connectivity index (χ3n) is 3.60. The zero-order chi connectivity index (χ0) is 13.6. The summed E-state index contributed by atoms with van der Waals surface area (Å²) in [6.45, 7) is 7.98. The van der Waals surface area contributed by atoms with Gasteiger partial charge in [-0.3, -0.25) is 4.79 Å². The lowest BCUT2D eigenvalue weighted by molar-refractivity contribution is -0.0749. The van der Waals surface area contributed by atoms with Gasteiger partial charge in [0.1, 0.15) is 0 Å². The predicted octanol–water partition coefficient (Wildman–Crippen LogP) is 2.67. The van der Waals surface area contributed by atoms with Gasteiger partial charge in [-0.25, -0.2) is 4.98 Å². The fourth-order valence-corrected chi connectivity index (χ4v) is 4.08. The number of thiazole rings is 1. The Hall–Kier alpha value is -0.940. The molecule has 0 bridgehead atoms. The molecule has 5 heteroatoms. The standard InChI is InChI=1S/C14H20N2O2S/c1-9-7-16(8-14(2,3)18-9)13-15-10-5-4-6-11(17)12(10)19-13/h9H,4-8H2,1-3H3. The number of aryl methyl sites for hydroxylation is 1. The highest BCUT2D eigenvalue weighted by Gasteiger charge is 2.34. The Labute approximate surface area is 117 Å². The lowest BCUT2D eigenvalue weighted by Gasteiger charge is -2.41. The molecule has 1 atom stereocenters. The normalized spacial score (nSPS) is 26.4. The number of ketones is 1. The molecule has 1 aromatic heterocycles. The number of fused-ring (bicyclic) bond motifs is 1. The van der Waals surface area contributed by atoms with E-state index in [-0.39, 0.29) is 17.5 Å². The first-order valence-electron chi connectivity index (χ1n) is 6.90. The van der Waals surface area contributed by atoms with Crippen molar-refractivity contribution in [1.82, 2.24) is 4.98 Å². The molecule has 0 aromatic carbocycles. The minimum absolute atomic E-state index is 0.159. The van der Waals surface area contributed by atoms with Crippen molar-refractivity contribution in [1.29, 1.82) is 0 Å². The first-order chi connectivity index (χ1) is 8.94. The zero-order valence-electron chi connectivity index (χ0n) is 11.7. The summed E-state index contributed by atoms with van der Waals surface area (Å²) in [5, 5.41) is 0.989. The zero-order valence-corrected chi connectivity index (χ0v) is 12.5. The summed E-state index contributed by atoms with van der Waals surface area (Å²) in [7, 11) is 0. The molecule has 3 rings (SSSR count). The van der Waals surface area contributed by atoms with E-state index in [0.717, 1.165) is 41.6 Å². The molecule has 1 aliphatic heterocycles. The van der Waals surface area contributed by atoms with Crippen molar-refractivity contribution in [3.63, 3.8) is 0 Å². The fourth-order valence-electron chi connectivity index (χ4n) is 2.99. The number of aromatic nitrogens is 1. The fraction of sp³-hybridized carbons (Fsp3) is 0.714. The number of hydrogen-bond acceptors (Lipinski definition) is 5. The van der Waals surface area contributed by atoms with Crippen molar-refractivity contribution in [2.45, 2.75) is 51.7 Å². The molecule has 19 heavy (non-hydrogen) atoms. The van der Waals surface area contributed by atoms with Crippen molar-refractivity contribution >= 4 is 22.3 Å². The number of ether oxygens (including phenoxy) is 1. The van der Waals surface area contributed by atoms with Crippen LogP contribution in [0.5, 0.6) is 0 Å². The van der Waals surface area contributed by atoms with E-state index in [2.05, 4.69) is 25.7 Å². The average Bonchev–Trinajstić information content (AvgIpc) is 2.71. The highest BCUT2D eigenvalue weighted by molar-refractivity contribution is 7.17. The van der Waals surface area contributed by atoms with Gasteiger partial charge in [-0.1, -0.05) is 11.3 Å². The van der Waals surface area contributed by atoms with Gasteiger partial charge in [0.15, 0.2) is 10.9 Å². The van der Waals surface area contributed by atoms with Crippen molar-refractivity contribution in [2.24, 2.45) is 0 Å². The number of morpholine rings is 1. The number of carbonyl (C=O) groups is 1. The van der Waals surface area contributed by atoms with Crippen LogP contribution in [0.15, 0.2) is 0 Å². The maximum atomic E-state index is 11.9. The highest BCUT2D eigenvalue weighted by Crippen LogP contribution is 2.34. The van der Waals surface area contributed by atoms with Gasteiger partial charge < -0.3 is 9.64 Å². The maximum Gasteiger partial charge on any atom is 0.186 e. The van der Waals surface area contributed by atoms with Gasteiger partial charge in [0, 0.05) is 19.5 Å². The van der Waals surface area contributed by atoms with Crippen LogP contribution in [0.1, 0.15) is 49.0 Å². The Morgan fingerprint density at radius 3 is 2.89 bits per heavy atom. The minimum atomic E-state index is -0.159. The average molecular weight is 280 g/mol. The first-order valence-corrected chi connectivity index (χ1v) is 7.72. The first kappa shape index (κ1) is 13.1. The van der Waals surface area contributed by atoms with Gasteiger partial charge in [0.05, 0.1) is 22.3 Å². The smallest absolute Gasteiger partial charge is 0.186 e. The number of anilines is 1. The second kappa shape index (κ2) is 4.56. The number of nitrogens with zero attached hydrogens (tertiary/aromatic N) is 2. The maximum absolute atomic E-state index is 11.9. The molecule has 0 amide bonds.